The quantitative estimate of drug-likeness (QED) is 0.430. The van der Waals surface area contributed by atoms with Crippen molar-refractivity contribution in [2.45, 2.75) is 52.1 Å². The van der Waals surface area contributed by atoms with Gasteiger partial charge < -0.3 is 10.2 Å². The fourth-order valence-electron chi connectivity index (χ4n) is 4.25. The van der Waals surface area contributed by atoms with Crippen LogP contribution in [-0.4, -0.2) is 44.3 Å². The number of aryl methyl sites for hydroxylation is 3. The third-order valence-electron chi connectivity index (χ3n) is 6.06. The van der Waals surface area contributed by atoms with Crippen molar-refractivity contribution in [1.82, 2.24) is 10.2 Å². The zero-order chi connectivity index (χ0) is 27.2. The van der Waals surface area contributed by atoms with E-state index in [4.69, 9.17) is 0 Å². The lowest BCUT2D eigenvalue weighted by Gasteiger charge is -2.32. The van der Waals surface area contributed by atoms with Crippen LogP contribution in [0, 0.1) is 20.8 Å². The van der Waals surface area contributed by atoms with Gasteiger partial charge in [-0.2, -0.15) is 0 Å². The molecule has 0 heterocycles. The minimum atomic E-state index is -4.07. The molecule has 0 aromatic heterocycles. The zero-order valence-corrected chi connectivity index (χ0v) is 22.9. The van der Waals surface area contributed by atoms with Gasteiger partial charge in [0.2, 0.25) is 11.8 Å². The first-order valence-corrected chi connectivity index (χ1v) is 13.8. The Morgan fingerprint density at radius 3 is 2.11 bits per heavy atom. The summed E-state index contributed by atoms with van der Waals surface area (Å²) < 4.78 is 28.7. The van der Waals surface area contributed by atoms with Crippen LogP contribution in [0.5, 0.6) is 0 Å². The minimum Gasteiger partial charge on any atom is -0.355 e. The van der Waals surface area contributed by atoms with Crippen molar-refractivity contribution < 1.29 is 18.0 Å². The molecule has 0 bridgehead atoms. The van der Waals surface area contributed by atoms with Crippen LogP contribution in [0.2, 0.25) is 0 Å². The molecule has 1 unspecified atom stereocenters. The summed E-state index contributed by atoms with van der Waals surface area (Å²) in [6, 6.07) is 20.4. The van der Waals surface area contributed by atoms with Gasteiger partial charge in [0, 0.05) is 13.1 Å². The van der Waals surface area contributed by atoms with Crippen LogP contribution in [0.1, 0.15) is 36.1 Å². The van der Waals surface area contributed by atoms with E-state index in [1.807, 2.05) is 58.0 Å². The maximum absolute atomic E-state index is 13.9. The molecule has 0 spiro atoms. The molecule has 1 N–H and O–H groups in total. The monoisotopic (exact) mass is 521 g/mol. The molecule has 0 aliphatic rings. The lowest BCUT2D eigenvalue weighted by atomic mass is 10.1. The van der Waals surface area contributed by atoms with Gasteiger partial charge in [-0.15, -0.1) is 0 Å². The number of hydrogen-bond donors (Lipinski definition) is 1. The van der Waals surface area contributed by atoms with E-state index in [1.54, 1.807) is 37.3 Å². The Hall–Kier alpha value is -3.65. The topological polar surface area (TPSA) is 86.8 Å². The summed E-state index contributed by atoms with van der Waals surface area (Å²) in [5.41, 5.74) is 4.04. The first-order chi connectivity index (χ1) is 17.5. The predicted molar refractivity (Wildman–Crippen MR) is 147 cm³/mol. The molecule has 3 aromatic rings. The number of carbonyl (C=O) groups excluding carboxylic acids is 2. The average Bonchev–Trinajstić information content (AvgIpc) is 2.85. The summed E-state index contributed by atoms with van der Waals surface area (Å²) >= 11 is 0. The molecule has 0 aliphatic heterocycles. The maximum Gasteiger partial charge on any atom is 0.264 e. The van der Waals surface area contributed by atoms with E-state index in [0.717, 1.165) is 26.6 Å². The van der Waals surface area contributed by atoms with E-state index in [9.17, 15) is 18.0 Å². The molecule has 8 heteroatoms. The lowest BCUT2D eigenvalue weighted by molar-refractivity contribution is -0.139. The Morgan fingerprint density at radius 1 is 0.865 bits per heavy atom. The van der Waals surface area contributed by atoms with Gasteiger partial charge in [0.05, 0.1) is 10.6 Å². The zero-order valence-electron chi connectivity index (χ0n) is 22.1. The number of benzene rings is 3. The van der Waals surface area contributed by atoms with Crippen molar-refractivity contribution in [3.05, 3.63) is 95.1 Å². The summed E-state index contributed by atoms with van der Waals surface area (Å²) in [6.07, 6.45) is 0. The SMILES string of the molecule is CCNC(=O)C(C)N(Cc1cccc(C)c1)C(=O)CN(c1cc(C)cc(C)c1)S(=O)(=O)c1ccccc1. The second-order valence-electron chi connectivity index (χ2n) is 9.25. The van der Waals surface area contributed by atoms with Crippen LogP contribution in [0.4, 0.5) is 5.69 Å². The highest BCUT2D eigenvalue weighted by molar-refractivity contribution is 7.92. The Balaban J connectivity index is 2.05. The van der Waals surface area contributed by atoms with E-state index in [-0.39, 0.29) is 17.3 Å². The fourth-order valence-corrected chi connectivity index (χ4v) is 5.67. The molecular weight excluding hydrogens is 486 g/mol. The van der Waals surface area contributed by atoms with Gasteiger partial charge in [0.25, 0.3) is 10.0 Å². The van der Waals surface area contributed by atoms with Gasteiger partial charge in [-0.05, 0) is 75.6 Å². The second-order valence-corrected chi connectivity index (χ2v) is 11.1. The molecule has 3 rings (SSSR count). The number of amides is 2. The maximum atomic E-state index is 13.9. The molecule has 7 nitrogen and oxygen atoms in total. The van der Waals surface area contributed by atoms with Crippen molar-refractivity contribution in [1.29, 1.82) is 0 Å². The third kappa shape index (κ3) is 6.98. The summed E-state index contributed by atoms with van der Waals surface area (Å²) in [6.45, 7) is 9.33. The standard InChI is InChI=1S/C29H35N3O4S/c1-6-30-29(34)24(5)31(19-25-12-10-11-21(2)16-25)28(33)20-32(26-17-22(3)15-23(4)18-26)37(35,36)27-13-8-7-9-14-27/h7-18,24H,6,19-20H2,1-5H3,(H,30,34). The Bertz CT molecular complexity index is 1340. The van der Waals surface area contributed by atoms with Crippen LogP contribution >= 0.6 is 0 Å². The lowest BCUT2D eigenvalue weighted by Crippen LogP contribution is -2.51. The van der Waals surface area contributed by atoms with Crippen LogP contribution in [0.3, 0.4) is 0 Å². The van der Waals surface area contributed by atoms with E-state index in [0.29, 0.717) is 12.2 Å². The average molecular weight is 522 g/mol. The Kier molecular flexibility index (Phi) is 9.10. The number of hydrogen-bond acceptors (Lipinski definition) is 4. The Labute approximate surface area is 220 Å². The fraction of sp³-hybridized carbons (Fsp3) is 0.310. The highest BCUT2D eigenvalue weighted by Gasteiger charge is 2.32. The largest absolute Gasteiger partial charge is 0.355 e. The highest BCUT2D eigenvalue weighted by Crippen LogP contribution is 2.26. The molecule has 3 aromatic carbocycles. The van der Waals surface area contributed by atoms with Crippen molar-refractivity contribution in [3.8, 4) is 0 Å². The normalized spacial score (nSPS) is 12.0. The molecule has 0 saturated carbocycles. The predicted octanol–water partition coefficient (Wildman–Crippen LogP) is 4.36. The highest BCUT2D eigenvalue weighted by atomic mass is 32.2. The number of nitrogens with one attached hydrogen (secondary N) is 1. The summed E-state index contributed by atoms with van der Waals surface area (Å²) in [4.78, 5) is 28.2. The molecule has 0 radical (unpaired) electrons. The van der Waals surface area contributed by atoms with Crippen molar-refractivity contribution >= 4 is 27.5 Å². The summed E-state index contributed by atoms with van der Waals surface area (Å²) in [7, 11) is -4.07. The van der Waals surface area contributed by atoms with Crippen LogP contribution in [0.25, 0.3) is 0 Å². The van der Waals surface area contributed by atoms with Gasteiger partial charge in [-0.3, -0.25) is 13.9 Å². The summed E-state index contributed by atoms with van der Waals surface area (Å²) in [5.74, 6) is -0.772. The van der Waals surface area contributed by atoms with Crippen LogP contribution in [0.15, 0.2) is 77.7 Å². The molecular formula is C29H35N3O4S. The first kappa shape index (κ1) is 27.9. The molecule has 0 saturated heterocycles. The van der Waals surface area contributed by atoms with Crippen LogP contribution < -0.4 is 9.62 Å². The smallest absolute Gasteiger partial charge is 0.264 e. The number of likely N-dealkylation sites (N-methyl/N-ethyl adjacent to an activating group) is 1. The van der Waals surface area contributed by atoms with Gasteiger partial charge in [0.15, 0.2) is 0 Å². The van der Waals surface area contributed by atoms with Gasteiger partial charge >= 0.3 is 0 Å². The van der Waals surface area contributed by atoms with Crippen LogP contribution in [-0.2, 0) is 26.2 Å². The third-order valence-corrected chi connectivity index (χ3v) is 7.85. The van der Waals surface area contributed by atoms with Crippen molar-refractivity contribution in [2.75, 3.05) is 17.4 Å². The van der Waals surface area contributed by atoms with Gasteiger partial charge in [-0.1, -0.05) is 54.1 Å². The number of rotatable bonds is 10. The van der Waals surface area contributed by atoms with Crippen molar-refractivity contribution in [3.63, 3.8) is 0 Å². The van der Waals surface area contributed by atoms with Gasteiger partial charge in [-0.25, -0.2) is 8.42 Å². The molecule has 196 valence electrons. The molecule has 0 fully saturated rings. The summed E-state index contributed by atoms with van der Waals surface area (Å²) in [5, 5.41) is 2.77. The minimum absolute atomic E-state index is 0.0870. The number of anilines is 1. The number of nitrogens with zero attached hydrogens (tertiary/aromatic N) is 2. The molecule has 2 amide bonds. The Morgan fingerprint density at radius 2 is 1.51 bits per heavy atom. The number of carbonyl (C=O) groups is 2. The molecule has 1 atom stereocenters. The van der Waals surface area contributed by atoms with Crippen molar-refractivity contribution in [2.24, 2.45) is 0 Å². The first-order valence-electron chi connectivity index (χ1n) is 12.3. The second kappa shape index (κ2) is 12.1. The van der Waals surface area contributed by atoms with E-state index >= 15 is 0 Å². The number of sulfonamides is 1. The molecule has 37 heavy (non-hydrogen) atoms. The molecule has 0 aliphatic carbocycles. The van der Waals surface area contributed by atoms with E-state index < -0.39 is 28.5 Å². The van der Waals surface area contributed by atoms with Gasteiger partial charge in [0.1, 0.15) is 12.6 Å². The van der Waals surface area contributed by atoms with E-state index in [1.165, 1.54) is 17.0 Å². The van der Waals surface area contributed by atoms with E-state index in [2.05, 4.69) is 5.32 Å².